The lowest BCUT2D eigenvalue weighted by Crippen LogP contribution is -2.25. The van der Waals surface area contributed by atoms with E-state index in [1.54, 1.807) is 13.8 Å². The normalized spacial score (nSPS) is 12.8. The van der Waals surface area contributed by atoms with Gasteiger partial charge in [0.1, 0.15) is 27.2 Å². The predicted octanol–water partition coefficient (Wildman–Crippen LogP) is 5.03. The molecule has 0 spiro atoms. The molecule has 33 heavy (non-hydrogen) atoms. The summed E-state index contributed by atoms with van der Waals surface area (Å²) >= 11 is 6.65. The zero-order valence-electron chi connectivity index (χ0n) is 17.0. The monoisotopic (exact) mass is 497 g/mol. The molecular formula is C20H15ClF3N5O3S. The van der Waals surface area contributed by atoms with Crippen LogP contribution in [0.15, 0.2) is 35.1 Å². The molecule has 1 atom stereocenters. The van der Waals surface area contributed by atoms with E-state index in [1.165, 1.54) is 29.3 Å². The van der Waals surface area contributed by atoms with Crippen LogP contribution in [0.1, 0.15) is 34.0 Å². The molecule has 13 heteroatoms. The Kier molecular flexibility index (Phi) is 5.66. The second kappa shape index (κ2) is 8.19. The van der Waals surface area contributed by atoms with Crippen molar-refractivity contribution in [1.29, 1.82) is 0 Å². The molecule has 0 saturated carbocycles. The summed E-state index contributed by atoms with van der Waals surface area (Å²) in [5.74, 6) is -1.43. The number of fused-ring (bicyclic) bond motifs is 1. The number of carbonyl (C=O) groups is 2. The average molecular weight is 498 g/mol. The van der Waals surface area contributed by atoms with Crippen LogP contribution in [0.25, 0.3) is 21.5 Å². The number of aromatic nitrogens is 3. The van der Waals surface area contributed by atoms with E-state index in [0.717, 1.165) is 6.07 Å². The van der Waals surface area contributed by atoms with E-state index in [9.17, 15) is 22.8 Å². The maximum atomic E-state index is 13.5. The van der Waals surface area contributed by atoms with Gasteiger partial charge in [0.2, 0.25) is 5.91 Å². The van der Waals surface area contributed by atoms with Crippen LogP contribution in [0.5, 0.6) is 0 Å². The second-order valence-corrected chi connectivity index (χ2v) is 8.49. The van der Waals surface area contributed by atoms with Gasteiger partial charge >= 0.3 is 6.18 Å². The molecule has 0 saturated heterocycles. The van der Waals surface area contributed by atoms with Crippen molar-refractivity contribution in [2.45, 2.75) is 26.1 Å². The number of furan rings is 1. The maximum absolute atomic E-state index is 13.5. The summed E-state index contributed by atoms with van der Waals surface area (Å²) in [4.78, 5) is 28.5. The fourth-order valence-electron chi connectivity index (χ4n) is 3.17. The Hall–Kier alpha value is -3.38. The van der Waals surface area contributed by atoms with Crippen LogP contribution in [0, 0.1) is 6.92 Å². The molecule has 0 aliphatic heterocycles. The zero-order chi connectivity index (χ0) is 24.1. The number of halogens is 4. The van der Waals surface area contributed by atoms with Crippen LogP contribution in [0.2, 0.25) is 5.02 Å². The van der Waals surface area contributed by atoms with Crippen LogP contribution in [0.4, 0.5) is 18.9 Å². The average Bonchev–Trinajstić information content (AvgIpc) is 3.46. The number of pyridine rings is 1. The van der Waals surface area contributed by atoms with Crippen molar-refractivity contribution in [3.05, 3.63) is 51.9 Å². The molecule has 3 N–H and O–H groups in total. The predicted molar refractivity (Wildman–Crippen MR) is 116 cm³/mol. The summed E-state index contributed by atoms with van der Waals surface area (Å²) in [7, 11) is 0. The van der Waals surface area contributed by atoms with Crippen LogP contribution in [-0.4, -0.2) is 26.6 Å². The Morgan fingerprint density at radius 2 is 2.09 bits per heavy atom. The van der Waals surface area contributed by atoms with Crippen molar-refractivity contribution in [1.82, 2.24) is 14.8 Å². The SMILES string of the molecule is Cc1nn(C(C)C(=O)Nc2c(C(N)=O)sc3nc(C(F)(F)F)cc(-c4ccco4)c23)cc1Cl. The molecular weight excluding hydrogens is 483 g/mol. The smallest absolute Gasteiger partial charge is 0.433 e. The lowest BCUT2D eigenvalue weighted by atomic mass is 10.1. The third kappa shape index (κ3) is 4.18. The lowest BCUT2D eigenvalue weighted by molar-refractivity contribution is -0.140. The van der Waals surface area contributed by atoms with Crippen LogP contribution in [0.3, 0.4) is 0 Å². The highest BCUT2D eigenvalue weighted by molar-refractivity contribution is 7.21. The summed E-state index contributed by atoms with van der Waals surface area (Å²) < 4.78 is 47.1. The van der Waals surface area contributed by atoms with Crippen LogP contribution in [-0.2, 0) is 11.0 Å². The third-order valence-electron chi connectivity index (χ3n) is 4.84. The van der Waals surface area contributed by atoms with E-state index in [0.29, 0.717) is 22.1 Å². The number of primary amides is 1. The molecule has 4 heterocycles. The van der Waals surface area contributed by atoms with Crippen molar-refractivity contribution in [2.75, 3.05) is 5.32 Å². The minimum Gasteiger partial charge on any atom is -0.464 e. The number of carbonyl (C=O) groups excluding carboxylic acids is 2. The van der Waals surface area contributed by atoms with Gasteiger partial charge in [-0.25, -0.2) is 4.98 Å². The quantitative estimate of drug-likeness (QED) is 0.401. The molecule has 4 aromatic heterocycles. The molecule has 0 aromatic carbocycles. The second-order valence-electron chi connectivity index (χ2n) is 7.09. The summed E-state index contributed by atoms with van der Waals surface area (Å²) in [6.45, 7) is 3.21. The first kappa shape index (κ1) is 22.8. The highest BCUT2D eigenvalue weighted by Crippen LogP contribution is 2.43. The molecule has 0 radical (unpaired) electrons. The Bertz CT molecular complexity index is 1360. The molecule has 0 aliphatic carbocycles. The van der Waals surface area contributed by atoms with Crippen molar-refractivity contribution in [2.24, 2.45) is 5.73 Å². The van der Waals surface area contributed by atoms with E-state index in [2.05, 4.69) is 15.4 Å². The summed E-state index contributed by atoms with van der Waals surface area (Å²) in [5, 5.41) is 7.23. The van der Waals surface area contributed by atoms with Gasteiger partial charge in [-0.05, 0) is 32.0 Å². The summed E-state index contributed by atoms with van der Waals surface area (Å²) in [6, 6.07) is 2.90. The first-order valence-corrected chi connectivity index (χ1v) is 10.6. The highest BCUT2D eigenvalue weighted by Gasteiger charge is 2.35. The molecule has 4 rings (SSSR count). The number of nitrogens with two attached hydrogens (primary N) is 1. The van der Waals surface area contributed by atoms with Gasteiger partial charge in [-0.1, -0.05) is 11.6 Å². The van der Waals surface area contributed by atoms with Gasteiger partial charge in [-0.3, -0.25) is 14.3 Å². The van der Waals surface area contributed by atoms with Crippen molar-refractivity contribution >= 4 is 50.7 Å². The van der Waals surface area contributed by atoms with E-state index >= 15 is 0 Å². The van der Waals surface area contributed by atoms with E-state index in [-0.39, 0.29) is 32.1 Å². The zero-order valence-corrected chi connectivity index (χ0v) is 18.6. The number of nitrogens with one attached hydrogen (secondary N) is 1. The fraction of sp³-hybridized carbons (Fsp3) is 0.200. The minimum absolute atomic E-state index is 0.00186. The molecule has 172 valence electrons. The fourth-order valence-corrected chi connectivity index (χ4v) is 4.31. The topological polar surface area (TPSA) is 116 Å². The number of amides is 2. The Morgan fingerprint density at radius 3 is 2.64 bits per heavy atom. The van der Waals surface area contributed by atoms with Gasteiger partial charge in [0.05, 0.1) is 22.7 Å². The Labute approximate surface area is 193 Å². The van der Waals surface area contributed by atoms with E-state index < -0.39 is 29.7 Å². The summed E-state index contributed by atoms with van der Waals surface area (Å²) in [6.07, 6.45) is -1.99. The number of anilines is 1. The number of nitrogens with zero attached hydrogens (tertiary/aromatic N) is 3. The van der Waals surface area contributed by atoms with Gasteiger partial charge in [-0.15, -0.1) is 11.3 Å². The number of hydrogen-bond acceptors (Lipinski definition) is 6. The van der Waals surface area contributed by atoms with E-state index in [1.807, 2.05) is 0 Å². The first-order valence-electron chi connectivity index (χ1n) is 9.38. The van der Waals surface area contributed by atoms with Gasteiger partial charge < -0.3 is 15.5 Å². The molecule has 0 fully saturated rings. The Morgan fingerprint density at radius 1 is 1.36 bits per heavy atom. The molecule has 8 nitrogen and oxygen atoms in total. The highest BCUT2D eigenvalue weighted by atomic mass is 35.5. The molecule has 4 aromatic rings. The Balaban J connectivity index is 1.89. The van der Waals surface area contributed by atoms with E-state index in [4.69, 9.17) is 21.8 Å². The lowest BCUT2D eigenvalue weighted by Gasteiger charge is -2.14. The standard InChI is InChI=1S/C20H15ClF3N5O3S/c1-8-11(21)7-29(28-8)9(2)18(31)27-15-14-10(12-4-3-5-32-12)6-13(20(22,23)24)26-19(14)33-16(15)17(25)30/h3-7,9H,1-2H3,(H2,25,30)(H,27,31). The van der Waals surface area contributed by atoms with Gasteiger partial charge in [-0.2, -0.15) is 18.3 Å². The molecule has 0 bridgehead atoms. The van der Waals surface area contributed by atoms with Gasteiger partial charge in [0, 0.05) is 17.1 Å². The third-order valence-corrected chi connectivity index (χ3v) is 6.31. The maximum Gasteiger partial charge on any atom is 0.433 e. The number of aryl methyl sites for hydroxylation is 1. The summed E-state index contributed by atoms with van der Waals surface area (Å²) in [5.41, 5.74) is 4.76. The minimum atomic E-state index is -4.75. The number of hydrogen-bond donors (Lipinski definition) is 2. The molecule has 0 aliphatic rings. The van der Waals surface area contributed by atoms with Gasteiger partial charge in [0.25, 0.3) is 5.91 Å². The van der Waals surface area contributed by atoms with Crippen LogP contribution < -0.4 is 11.1 Å². The van der Waals surface area contributed by atoms with Gasteiger partial charge in [0.15, 0.2) is 0 Å². The van der Waals surface area contributed by atoms with Crippen molar-refractivity contribution in [3.63, 3.8) is 0 Å². The largest absolute Gasteiger partial charge is 0.464 e. The van der Waals surface area contributed by atoms with Crippen molar-refractivity contribution in [3.8, 4) is 11.3 Å². The van der Waals surface area contributed by atoms with Crippen molar-refractivity contribution < 1.29 is 27.2 Å². The molecule has 2 amide bonds. The number of alkyl halides is 3. The molecule has 1 unspecified atom stereocenters. The van der Waals surface area contributed by atoms with Crippen LogP contribution >= 0.6 is 22.9 Å². The number of rotatable bonds is 5. The first-order chi connectivity index (χ1) is 15.5. The number of thiophene rings is 1.